The maximum atomic E-state index is 13.6. The Kier molecular flexibility index (Phi) is 6.13. The van der Waals surface area contributed by atoms with Gasteiger partial charge in [0.05, 0.1) is 17.3 Å². The Morgan fingerprint density at radius 1 is 1.21 bits per heavy atom. The van der Waals surface area contributed by atoms with Crippen molar-refractivity contribution in [2.24, 2.45) is 35.0 Å². The van der Waals surface area contributed by atoms with Crippen LogP contribution in [0.25, 0.3) is 10.9 Å². The molecule has 0 amide bonds. The van der Waals surface area contributed by atoms with E-state index in [1.807, 2.05) is 30.1 Å². The van der Waals surface area contributed by atoms with Crippen molar-refractivity contribution in [3.05, 3.63) is 24.7 Å². The number of ketones is 1. The van der Waals surface area contributed by atoms with Crippen molar-refractivity contribution in [2.75, 3.05) is 0 Å². The maximum absolute atomic E-state index is 13.6. The lowest BCUT2D eigenvalue weighted by molar-refractivity contribution is -0.130. The Labute approximate surface area is 198 Å². The summed E-state index contributed by atoms with van der Waals surface area (Å²) in [6.45, 7) is 6.90. The number of nitrogens with zero attached hydrogens (tertiary/aromatic N) is 3. The van der Waals surface area contributed by atoms with Crippen molar-refractivity contribution in [3.63, 3.8) is 0 Å². The van der Waals surface area contributed by atoms with E-state index in [1.165, 1.54) is 38.5 Å². The molecule has 0 aromatic carbocycles. The molecule has 0 aliphatic heterocycles. The van der Waals surface area contributed by atoms with Gasteiger partial charge in [0.2, 0.25) is 0 Å². The lowest BCUT2D eigenvalue weighted by atomic mass is 9.52. The average molecular weight is 452 g/mol. The number of aliphatic hydroxyl groups is 1. The lowest BCUT2D eigenvalue weighted by Crippen LogP contribution is -2.47. The van der Waals surface area contributed by atoms with E-state index < -0.39 is 5.60 Å². The number of hydrogen-bond donors (Lipinski definition) is 1. The van der Waals surface area contributed by atoms with Crippen LogP contribution in [0.1, 0.15) is 85.0 Å². The van der Waals surface area contributed by atoms with E-state index in [9.17, 15) is 9.90 Å². The monoisotopic (exact) mass is 451 g/mol. The topological polar surface area (TPSA) is 68.0 Å². The molecule has 7 atom stereocenters. The van der Waals surface area contributed by atoms with Gasteiger partial charge in [0.25, 0.3) is 0 Å². The van der Waals surface area contributed by atoms with Gasteiger partial charge in [-0.15, -0.1) is 0 Å². The summed E-state index contributed by atoms with van der Waals surface area (Å²) in [7, 11) is 0. The molecule has 3 aliphatic rings. The normalized spacial score (nSPS) is 35.7. The van der Waals surface area contributed by atoms with Crippen molar-refractivity contribution in [1.29, 1.82) is 0 Å². The molecule has 3 fully saturated rings. The third-order valence-corrected chi connectivity index (χ3v) is 10.2. The molecule has 5 rings (SSSR count). The summed E-state index contributed by atoms with van der Waals surface area (Å²) in [5.41, 5.74) is 0.618. The minimum Gasteiger partial charge on any atom is -0.390 e. The SMILES string of the molecule is CC[C@](C)(O)CC[C@H]1CCC[C@@H]2[C@@H]1CC[C@]1(C)[C@@H](C(=O)Cn3ncc4cnccc43)CC[C@@H]21. The van der Waals surface area contributed by atoms with Crippen molar-refractivity contribution >= 4 is 16.7 Å². The zero-order valence-electron chi connectivity index (χ0n) is 20.7. The first-order valence-electron chi connectivity index (χ1n) is 13.3. The van der Waals surface area contributed by atoms with Crippen LogP contribution in [0, 0.1) is 35.0 Å². The molecule has 0 unspecified atom stereocenters. The number of carbonyl (C=O) groups excluding carboxylic acids is 1. The second kappa shape index (κ2) is 8.79. The molecule has 2 aromatic rings. The van der Waals surface area contributed by atoms with Crippen LogP contribution in [0.4, 0.5) is 0 Å². The Bertz CT molecular complexity index is 998. The van der Waals surface area contributed by atoms with Gasteiger partial charge in [-0.05, 0) is 93.4 Å². The molecule has 2 aromatic heterocycles. The number of pyridine rings is 1. The molecule has 1 N–H and O–H groups in total. The Hall–Kier alpha value is -1.75. The van der Waals surface area contributed by atoms with Gasteiger partial charge < -0.3 is 5.11 Å². The van der Waals surface area contributed by atoms with Gasteiger partial charge in [-0.25, -0.2) is 0 Å². The Morgan fingerprint density at radius 3 is 2.88 bits per heavy atom. The first kappa shape index (κ1) is 23.0. The largest absolute Gasteiger partial charge is 0.390 e. The number of aromatic nitrogens is 3. The molecule has 0 spiro atoms. The fourth-order valence-electron chi connectivity index (χ4n) is 8.02. The van der Waals surface area contributed by atoms with E-state index in [-0.39, 0.29) is 11.3 Å². The van der Waals surface area contributed by atoms with Crippen LogP contribution in [0.2, 0.25) is 0 Å². The Balaban J connectivity index is 1.29. The zero-order chi connectivity index (χ0) is 23.2. The summed E-state index contributed by atoms with van der Waals surface area (Å²) in [5, 5.41) is 16.0. The molecular weight excluding hydrogens is 410 g/mol. The van der Waals surface area contributed by atoms with Gasteiger partial charge in [0.15, 0.2) is 5.78 Å². The van der Waals surface area contributed by atoms with E-state index in [2.05, 4.69) is 23.9 Å². The highest BCUT2D eigenvalue weighted by atomic mass is 16.3. The first-order chi connectivity index (χ1) is 15.8. The predicted octanol–water partition coefficient (Wildman–Crippen LogP) is 5.80. The smallest absolute Gasteiger partial charge is 0.157 e. The molecular formula is C28H41N3O2. The lowest BCUT2D eigenvalue weighted by Gasteiger charge is -2.53. The summed E-state index contributed by atoms with van der Waals surface area (Å²) in [6, 6.07) is 1.96. The van der Waals surface area contributed by atoms with Crippen molar-refractivity contribution in [2.45, 2.75) is 97.1 Å². The van der Waals surface area contributed by atoms with Crippen LogP contribution in [-0.2, 0) is 11.3 Å². The number of fused-ring (bicyclic) bond motifs is 4. The van der Waals surface area contributed by atoms with E-state index in [1.54, 1.807) is 6.20 Å². The summed E-state index contributed by atoms with van der Waals surface area (Å²) < 4.78 is 1.87. The fraction of sp³-hybridized carbons (Fsp3) is 0.750. The standard InChI is InChI=1S/C28H41N3O2/c1-4-27(2,33)13-10-19-6-5-7-22-21(19)11-14-28(3)23(22)8-9-24(28)26(32)18-31-25-12-15-29-16-20(25)17-30-31/h12,15-17,19,21-24,33H,4-11,13-14,18H2,1-3H3/t19-,21-,22-,23+,24-,27+,28+/m1/s1. The predicted molar refractivity (Wildman–Crippen MR) is 131 cm³/mol. The summed E-state index contributed by atoms with van der Waals surface area (Å²) in [5.74, 6) is 3.52. The highest BCUT2D eigenvalue weighted by molar-refractivity contribution is 5.84. The zero-order valence-corrected chi connectivity index (χ0v) is 20.7. The molecule has 33 heavy (non-hydrogen) atoms. The molecule has 180 valence electrons. The number of carbonyl (C=O) groups is 1. The van der Waals surface area contributed by atoms with E-state index in [0.717, 1.165) is 54.3 Å². The number of Topliss-reactive ketones (excluding diaryl/α,β-unsaturated/α-hetero) is 1. The van der Waals surface area contributed by atoms with Crippen LogP contribution in [-0.4, -0.2) is 31.3 Å². The number of hydrogen-bond acceptors (Lipinski definition) is 4. The van der Waals surface area contributed by atoms with Gasteiger partial charge >= 0.3 is 0 Å². The van der Waals surface area contributed by atoms with Crippen LogP contribution < -0.4 is 0 Å². The van der Waals surface area contributed by atoms with Gasteiger partial charge in [-0.2, -0.15) is 5.10 Å². The van der Waals surface area contributed by atoms with Crippen molar-refractivity contribution < 1.29 is 9.90 Å². The highest BCUT2D eigenvalue weighted by Crippen LogP contribution is 2.63. The van der Waals surface area contributed by atoms with Crippen molar-refractivity contribution in [1.82, 2.24) is 14.8 Å². The molecule has 3 saturated carbocycles. The van der Waals surface area contributed by atoms with Crippen LogP contribution in [0.5, 0.6) is 0 Å². The molecule has 3 aliphatic carbocycles. The molecule has 5 heteroatoms. The van der Waals surface area contributed by atoms with Gasteiger partial charge in [0, 0.05) is 23.7 Å². The molecule has 2 heterocycles. The Morgan fingerprint density at radius 2 is 2.06 bits per heavy atom. The van der Waals surface area contributed by atoms with E-state index in [0.29, 0.717) is 18.2 Å². The second-order valence-electron chi connectivity index (χ2n) is 11.9. The van der Waals surface area contributed by atoms with E-state index >= 15 is 0 Å². The third kappa shape index (κ3) is 4.15. The minimum absolute atomic E-state index is 0.138. The minimum atomic E-state index is -0.520. The highest BCUT2D eigenvalue weighted by Gasteiger charge is 2.56. The summed E-state index contributed by atoms with van der Waals surface area (Å²) in [6.07, 6.45) is 17.0. The maximum Gasteiger partial charge on any atom is 0.157 e. The molecule has 0 bridgehead atoms. The van der Waals surface area contributed by atoms with Gasteiger partial charge in [-0.3, -0.25) is 14.5 Å². The summed E-state index contributed by atoms with van der Waals surface area (Å²) in [4.78, 5) is 17.8. The summed E-state index contributed by atoms with van der Waals surface area (Å²) >= 11 is 0. The van der Waals surface area contributed by atoms with Gasteiger partial charge in [0.1, 0.15) is 6.54 Å². The van der Waals surface area contributed by atoms with Crippen LogP contribution in [0.15, 0.2) is 24.7 Å². The number of rotatable bonds is 7. The van der Waals surface area contributed by atoms with Crippen LogP contribution in [0.3, 0.4) is 0 Å². The third-order valence-electron chi connectivity index (χ3n) is 10.2. The first-order valence-corrected chi connectivity index (χ1v) is 13.3. The quantitative estimate of drug-likeness (QED) is 0.578. The molecule has 0 saturated heterocycles. The molecule has 0 radical (unpaired) electrons. The molecule has 5 nitrogen and oxygen atoms in total. The van der Waals surface area contributed by atoms with Crippen LogP contribution >= 0.6 is 0 Å². The van der Waals surface area contributed by atoms with Crippen molar-refractivity contribution in [3.8, 4) is 0 Å². The average Bonchev–Trinajstić information content (AvgIpc) is 3.38. The van der Waals surface area contributed by atoms with E-state index in [4.69, 9.17) is 0 Å². The van der Waals surface area contributed by atoms with Gasteiger partial charge in [-0.1, -0.05) is 26.7 Å². The second-order valence-corrected chi connectivity index (χ2v) is 11.9. The fourth-order valence-corrected chi connectivity index (χ4v) is 8.02.